The maximum Gasteiger partial charge on any atom is 0.157 e. The molecule has 0 unspecified atom stereocenters. The Morgan fingerprint density at radius 2 is 2.06 bits per heavy atom. The van der Waals surface area contributed by atoms with Gasteiger partial charge in [-0.1, -0.05) is 6.07 Å². The lowest BCUT2D eigenvalue weighted by Gasteiger charge is -2.17. The molecule has 0 radical (unpaired) electrons. The summed E-state index contributed by atoms with van der Waals surface area (Å²) in [5, 5.41) is 31.1. The number of phenolic OH excluding ortho intramolecular Hbond substituents is 2. The zero-order valence-electron chi connectivity index (χ0n) is 9.89. The van der Waals surface area contributed by atoms with Gasteiger partial charge in [0.05, 0.1) is 12.6 Å². The van der Waals surface area contributed by atoms with E-state index in [4.69, 9.17) is 0 Å². The maximum atomic E-state index is 9.39. The minimum Gasteiger partial charge on any atom is -0.504 e. The summed E-state index contributed by atoms with van der Waals surface area (Å²) in [5.74, 6) is 0.770. The first-order valence-electron chi connectivity index (χ1n) is 5.54. The molecule has 0 saturated carbocycles. The van der Waals surface area contributed by atoms with E-state index in [9.17, 15) is 15.3 Å². The number of aliphatic hydroxyl groups is 1. The Bertz CT molecular complexity index is 347. The van der Waals surface area contributed by atoms with Gasteiger partial charge in [-0.2, -0.15) is 11.8 Å². The van der Waals surface area contributed by atoms with Crippen LogP contribution in [0.25, 0.3) is 0 Å². The van der Waals surface area contributed by atoms with Gasteiger partial charge >= 0.3 is 0 Å². The quantitative estimate of drug-likeness (QED) is 0.440. The fraction of sp³-hybridized carbons (Fsp3) is 0.500. The third-order valence-corrected chi connectivity index (χ3v) is 3.20. The zero-order valence-corrected chi connectivity index (χ0v) is 10.7. The first-order chi connectivity index (χ1) is 8.19. The van der Waals surface area contributed by atoms with Crippen molar-refractivity contribution in [3.8, 4) is 11.5 Å². The number of thioether (sulfide) groups is 1. The highest BCUT2D eigenvalue weighted by atomic mass is 32.2. The van der Waals surface area contributed by atoms with E-state index in [1.165, 1.54) is 12.1 Å². The normalized spacial score (nSPS) is 12.6. The molecule has 0 saturated heterocycles. The van der Waals surface area contributed by atoms with Gasteiger partial charge in [-0.15, -0.1) is 0 Å². The molecule has 0 aliphatic carbocycles. The van der Waals surface area contributed by atoms with Crippen molar-refractivity contribution in [2.45, 2.75) is 12.5 Å². The number of hydrogen-bond donors (Lipinski definition) is 4. The molecule has 96 valence electrons. The van der Waals surface area contributed by atoms with E-state index in [0.29, 0.717) is 0 Å². The molecule has 0 aliphatic rings. The van der Waals surface area contributed by atoms with Crippen molar-refractivity contribution >= 4 is 11.8 Å². The Balaban J connectivity index is 2.56. The van der Waals surface area contributed by atoms with E-state index < -0.39 is 0 Å². The molecule has 0 amide bonds. The third-order valence-electron chi connectivity index (χ3n) is 2.50. The van der Waals surface area contributed by atoms with E-state index >= 15 is 0 Å². The largest absolute Gasteiger partial charge is 0.504 e. The number of hydrogen-bond acceptors (Lipinski definition) is 5. The van der Waals surface area contributed by atoms with Crippen LogP contribution in [0.4, 0.5) is 0 Å². The lowest BCUT2D eigenvalue weighted by Crippen LogP contribution is -2.25. The Labute approximate surface area is 106 Å². The summed E-state index contributed by atoms with van der Waals surface area (Å²) in [6.07, 6.45) is 3.09. The summed E-state index contributed by atoms with van der Waals surface area (Å²) in [4.78, 5) is 0. The number of benzene rings is 1. The summed E-state index contributed by atoms with van der Waals surface area (Å²) >= 11 is 1.79. The Hall–Kier alpha value is -0.910. The van der Waals surface area contributed by atoms with Gasteiger partial charge in [0.2, 0.25) is 0 Å². The smallest absolute Gasteiger partial charge is 0.157 e. The molecule has 4 N–H and O–H groups in total. The van der Waals surface area contributed by atoms with Crippen LogP contribution in [-0.4, -0.2) is 40.5 Å². The first-order valence-corrected chi connectivity index (χ1v) is 6.93. The van der Waals surface area contributed by atoms with Crippen LogP contribution in [0.1, 0.15) is 18.0 Å². The van der Waals surface area contributed by atoms with Gasteiger partial charge in [0.25, 0.3) is 0 Å². The molecule has 0 aromatic heterocycles. The minimum absolute atomic E-state index is 0.0382. The lowest BCUT2D eigenvalue weighted by molar-refractivity contribution is 0.244. The number of aromatic hydroxyl groups is 2. The van der Waals surface area contributed by atoms with Gasteiger partial charge in [0.15, 0.2) is 11.5 Å². The second kappa shape index (κ2) is 7.42. The topological polar surface area (TPSA) is 72.7 Å². The molecule has 1 aromatic rings. The standard InChI is InChI=1S/C12H19NO3S/c1-17-6-2-5-13-10(8-14)9-3-4-11(15)12(16)7-9/h3-4,7,10,13-16H,2,5-6,8H2,1H3/t10-/m0/s1. The highest BCUT2D eigenvalue weighted by Gasteiger charge is 2.11. The van der Waals surface area contributed by atoms with Crippen molar-refractivity contribution in [1.82, 2.24) is 5.32 Å². The molecule has 1 rings (SSSR count). The van der Waals surface area contributed by atoms with Crippen molar-refractivity contribution in [3.05, 3.63) is 23.8 Å². The van der Waals surface area contributed by atoms with Crippen molar-refractivity contribution < 1.29 is 15.3 Å². The van der Waals surface area contributed by atoms with Crippen LogP contribution in [0.15, 0.2) is 18.2 Å². The van der Waals surface area contributed by atoms with Crippen LogP contribution in [0.3, 0.4) is 0 Å². The summed E-state index contributed by atoms with van der Waals surface area (Å²) in [7, 11) is 0. The van der Waals surface area contributed by atoms with Crippen molar-refractivity contribution in [2.75, 3.05) is 25.2 Å². The van der Waals surface area contributed by atoms with Gasteiger partial charge in [-0.3, -0.25) is 0 Å². The molecule has 0 aliphatic heterocycles. The number of rotatable bonds is 7. The molecular formula is C12H19NO3S. The fourth-order valence-electron chi connectivity index (χ4n) is 1.54. The second-order valence-corrected chi connectivity index (χ2v) is 4.77. The maximum absolute atomic E-state index is 9.39. The van der Waals surface area contributed by atoms with Crippen LogP contribution in [0.5, 0.6) is 11.5 Å². The molecule has 17 heavy (non-hydrogen) atoms. The highest BCUT2D eigenvalue weighted by molar-refractivity contribution is 7.98. The average Bonchev–Trinajstić information content (AvgIpc) is 2.33. The molecule has 0 fully saturated rings. The van der Waals surface area contributed by atoms with E-state index in [-0.39, 0.29) is 24.1 Å². The van der Waals surface area contributed by atoms with Gasteiger partial charge in [0.1, 0.15) is 0 Å². The summed E-state index contributed by atoms with van der Waals surface area (Å²) in [6.45, 7) is 0.775. The fourth-order valence-corrected chi connectivity index (χ4v) is 1.97. The molecule has 4 nitrogen and oxygen atoms in total. The SMILES string of the molecule is CSCCCN[C@@H](CO)c1ccc(O)c(O)c1. The predicted molar refractivity (Wildman–Crippen MR) is 70.6 cm³/mol. The Morgan fingerprint density at radius 1 is 1.29 bits per heavy atom. The van der Waals surface area contributed by atoms with E-state index in [1.807, 2.05) is 0 Å². The van der Waals surface area contributed by atoms with Crippen LogP contribution >= 0.6 is 11.8 Å². The molecule has 1 aromatic carbocycles. The average molecular weight is 257 g/mol. The molecule has 0 heterocycles. The van der Waals surface area contributed by atoms with Gasteiger partial charge in [-0.25, -0.2) is 0 Å². The van der Waals surface area contributed by atoms with Gasteiger partial charge < -0.3 is 20.6 Å². The third kappa shape index (κ3) is 4.46. The van der Waals surface area contributed by atoms with Crippen LogP contribution in [-0.2, 0) is 0 Å². The van der Waals surface area contributed by atoms with Crippen molar-refractivity contribution in [3.63, 3.8) is 0 Å². The molecule has 0 spiro atoms. The van der Waals surface area contributed by atoms with Gasteiger partial charge in [-0.05, 0) is 42.7 Å². The lowest BCUT2D eigenvalue weighted by atomic mass is 10.1. The van der Waals surface area contributed by atoms with Crippen LogP contribution in [0, 0.1) is 0 Å². The molecular weight excluding hydrogens is 238 g/mol. The summed E-state index contributed by atoms with van der Waals surface area (Å²) in [5.41, 5.74) is 0.770. The van der Waals surface area contributed by atoms with Crippen molar-refractivity contribution in [2.24, 2.45) is 0 Å². The highest BCUT2D eigenvalue weighted by Crippen LogP contribution is 2.27. The Kier molecular flexibility index (Phi) is 6.18. The van der Waals surface area contributed by atoms with E-state index in [1.54, 1.807) is 17.8 Å². The zero-order chi connectivity index (χ0) is 12.7. The van der Waals surface area contributed by atoms with Crippen LogP contribution < -0.4 is 5.32 Å². The first kappa shape index (κ1) is 14.2. The monoisotopic (exact) mass is 257 g/mol. The molecule has 5 heteroatoms. The predicted octanol–water partition coefficient (Wildman–Crippen LogP) is 1.47. The number of aliphatic hydroxyl groups excluding tert-OH is 1. The Morgan fingerprint density at radius 3 is 2.65 bits per heavy atom. The molecule has 0 bridgehead atoms. The van der Waals surface area contributed by atoms with E-state index in [2.05, 4.69) is 11.6 Å². The summed E-state index contributed by atoms with van der Waals surface area (Å²) < 4.78 is 0. The second-order valence-electron chi connectivity index (χ2n) is 3.78. The summed E-state index contributed by atoms with van der Waals surface area (Å²) in [6, 6.07) is 4.38. The number of nitrogens with one attached hydrogen (secondary N) is 1. The van der Waals surface area contributed by atoms with Crippen molar-refractivity contribution in [1.29, 1.82) is 0 Å². The van der Waals surface area contributed by atoms with E-state index in [0.717, 1.165) is 24.3 Å². The molecule has 1 atom stereocenters. The van der Waals surface area contributed by atoms with Gasteiger partial charge in [0, 0.05) is 0 Å². The van der Waals surface area contributed by atoms with Crippen LogP contribution in [0.2, 0.25) is 0 Å². The number of phenols is 2. The minimum atomic E-state index is -0.205.